The number of hydrogen-bond donors (Lipinski definition) is 2. The van der Waals surface area contributed by atoms with Gasteiger partial charge in [0, 0.05) is 18.5 Å². The zero-order valence-corrected chi connectivity index (χ0v) is 16.1. The number of hydrogen-bond acceptors (Lipinski definition) is 3. The first kappa shape index (κ1) is 19.4. The van der Waals surface area contributed by atoms with Crippen molar-refractivity contribution in [2.45, 2.75) is 20.3 Å². The van der Waals surface area contributed by atoms with E-state index in [1.807, 2.05) is 74.5 Å². The van der Waals surface area contributed by atoms with Gasteiger partial charge in [-0.3, -0.25) is 9.59 Å². The minimum Gasteiger partial charge on any atom is -0.350 e. The van der Waals surface area contributed by atoms with Crippen molar-refractivity contribution in [3.8, 4) is 5.69 Å². The van der Waals surface area contributed by atoms with Gasteiger partial charge in [0.25, 0.3) is 5.91 Å². The fourth-order valence-electron chi connectivity index (χ4n) is 2.67. The summed E-state index contributed by atoms with van der Waals surface area (Å²) in [7, 11) is 0. The van der Waals surface area contributed by atoms with Gasteiger partial charge in [0.05, 0.1) is 5.69 Å². The standard InChI is InChI=1S/C22H24N4O2/c1-16(2)21(27)24-20-15-19(25-26(20)18-11-7-4-8-12-18)22(28)23-14-13-17-9-5-3-6-10-17/h3-12,15-16H,13-14H2,1-2H3,(H,23,28)(H,24,27). The van der Waals surface area contributed by atoms with Crippen LogP contribution in [0.3, 0.4) is 0 Å². The molecule has 1 heterocycles. The molecule has 2 amide bonds. The van der Waals surface area contributed by atoms with Crippen LogP contribution in [-0.2, 0) is 11.2 Å². The van der Waals surface area contributed by atoms with Crippen molar-refractivity contribution in [2.24, 2.45) is 5.92 Å². The Bertz CT molecular complexity index is 934. The van der Waals surface area contributed by atoms with Crippen LogP contribution in [0.25, 0.3) is 5.69 Å². The summed E-state index contributed by atoms with van der Waals surface area (Å²) < 4.78 is 1.58. The smallest absolute Gasteiger partial charge is 0.271 e. The van der Waals surface area contributed by atoms with E-state index in [0.29, 0.717) is 12.4 Å². The summed E-state index contributed by atoms with van der Waals surface area (Å²) >= 11 is 0. The van der Waals surface area contributed by atoms with Crippen LogP contribution in [0.1, 0.15) is 29.9 Å². The SMILES string of the molecule is CC(C)C(=O)Nc1cc(C(=O)NCCc2ccccc2)nn1-c1ccccc1. The number of carbonyl (C=O) groups is 2. The van der Waals surface area contributed by atoms with Crippen molar-refractivity contribution >= 4 is 17.6 Å². The van der Waals surface area contributed by atoms with Gasteiger partial charge in [-0.1, -0.05) is 62.4 Å². The van der Waals surface area contributed by atoms with E-state index in [4.69, 9.17) is 0 Å². The Morgan fingerprint density at radius 1 is 1.00 bits per heavy atom. The lowest BCUT2D eigenvalue weighted by atomic mass is 10.1. The van der Waals surface area contributed by atoms with Gasteiger partial charge in [-0.25, -0.2) is 4.68 Å². The Kier molecular flexibility index (Phi) is 6.22. The Labute approximate surface area is 164 Å². The number of benzene rings is 2. The van der Waals surface area contributed by atoms with Gasteiger partial charge in [0.15, 0.2) is 5.69 Å². The first-order valence-corrected chi connectivity index (χ1v) is 9.33. The second-order valence-corrected chi connectivity index (χ2v) is 6.80. The molecule has 6 nitrogen and oxygen atoms in total. The highest BCUT2D eigenvalue weighted by atomic mass is 16.2. The normalized spacial score (nSPS) is 10.7. The maximum atomic E-state index is 12.6. The quantitative estimate of drug-likeness (QED) is 0.663. The third kappa shape index (κ3) is 4.85. The molecule has 0 saturated carbocycles. The Balaban J connectivity index is 1.76. The molecule has 3 aromatic rings. The van der Waals surface area contributed by atoms with Crippen LogP contribution in [-0.4, -0.2) is 28.1 Å². The maximum Gasteiger partial charge on any atom is 0.271 e. The van der Waals surface area contributed by atoms with Crippen molar-refractivity contribution in [3.05, 3.63) is 78.0 Å². The molecule has 0 aliphatic heterocycles. The number of para-hydroxylation sites is 1. The number of amides is 2. The molecule has 28 heavy (non-hydrogen) atoms. The Morgan fingerprint density at radius 3 is 2.29 bits per heavy atom. The molecule has 0 aliphatic rings. The summed E-state index contributed by atoms with van der Waals surface area (Å²) in [6.07, 6.45) is 0.739. The van der Waals surface area contributed by atoms with E-state index in [2.05, 4.69) is 15.7 Å². The van der Waals surface area contributed by atoms with Gasteiger partial charge in [-0.2, -0.15) is 5.10 Å². The van der Waals surface area contributed by atoms with Gasteiger partial charge in [-0.15, -0.1) is 0 Å². The molecule has 0 aliphatic carbocycles. The number of aromatic nitrogens is 2. The topological polar surface area (TPSA) is 76.0 Å². The van der Waals surface area contributed by atoms with Crippen LogP contribution in [0, 0.1) is 5.92 Å². The van der Waals surface area contributed by atoms with Crippen molar-refractivity contribution in [2.75, 3.05) is 11.9 Å². The molecule has 3 rings (SSSR count). The average molecular weight is 376 g/mol. The molecule has 0 saturated heterocycles. The molecular weight excluding hydrogens is 352 g/mol. The van der Waals surface area contributed by atoms with Crippen LogP contribution in [0.5, 0.6) is 0 Å². The Morgan fingerprint density at radius 2 is 1.64 bits per heavy atom. The van der Waals surface area contributed by atoms with Crippen molar-refractivity contribution in [1.82, 2.24) is 15.1 Å². The maximum absolute atomic E-state index is 12.6. The van der Waals surface area contributed by atoms with E-state index in [1.165, 1.54) is 0 Å². The van der Waals surface area contributed by atoms with Gasteiger partial charge in [0.1, 0.15) is 5.82 Å². The molecule has 1 aromatic heterocycles. The third-order valence-electron chi connectivity index (χ3n) is 4.26. The number of anilines is 1. The molecule has 144 valence electrons. The van der Waals surface area contributed by atoms with Gasteiger partial charge >= 0.3 is 0 Å². The molecule has 2 aromatic carbocycles. The third-order valence-corrected chi connectivity index (χ3v) is 4.26. The minimum absolute atomic E-state index is 0.131. The van der Waals surface area contributed by atoms with E-state index >= 15 is 0 Å². The van der Waals surface area contributed by atoms with Gasteiger partial charge in [-0.05, 0) is 24.1 Å². The van der Waals surface area contributed by atoms with E-state index in [0.717, 1.165) is 17.7 Å². The zero-order chi connectivity index (χ0) is 19.9. The van der Waals surface area contributed by atoms with Crippen molar-refractivity contribution < 1.29 is 9.59 Å². The highest BCUT2D eigenvalue weighted by Crippen LogP contribution is 2.18. The number of nitrogens with zero attached hydrogens (tertiary/aromatic N) is 2. The van der Waals surface area contributed by atoms with E-state index in [1.54, 1.807) is 10.7 Å². The molecule has 0 unspecified atom stereocenters. The average Bonchev–Trinajstić information content (AvgIpc) is 3.13. The lowest BCUT2D eigenvalue weighted by Crippen LogP contribution is -2.26. The van der Waals surface area contributed by atoms with Gasteiger partial charge < -0.3 is 10.6 Å². The first-order valence-electron chi connectivity index (χ1n) is 9.33. The predicted molar refractivity (Wildman–Crippen MR) is 110 cm³/mol. The molecule has 0 bridgehead atoms. The predicted octanol–water partition coefficient (Wildman–Crippen LogP) is 3.44. The fraction of sp³-hybridized carbons (Fsp3) is 0.227. The second kappa shape index (κ2) is 8.99. The largest absolute Gasteiger partial charge is 0.350 e. The molecular formula is C22H24N4O2. The van der Waals surface area contributed by atoms with Crippen LogP contribution in [0.4, 0.5) is 5.82 Å². The molecule has 0 spiro atoms. The van der Waals surface area contributed by atoms with E-state index in [-0.39, 0.29) is 23.4 Å². The van der Waals surface area contributed by atoms with Crippen LogP contribution in [0.2, 0.25) is 0 Å². The summed E-state index contributed by atoms with van der Waals surface area (Å²) in [4.78, 5) is 24.7. The fourth-order valence-corrected chi connectivity index (χ4v) is 2.67. The zero-order valence-electron chi connectivity index (χ0n) is 16.1. The van der Waals surface area contributed by atoms with Crippen molar-refractivity contribution in [1.29, 1.82) is 0 Å². The molecule has 0 atom stereocenters. The molecule has 0 fully saturated rings. The highest BCUT2D eigenvalue weighted by molar-refractivity contribution is 5.96. The lowest BCUT2D eigenvalue weighted by molar-refractivity contribution is -0.118. The van der Waals surface area contributed by atoms with E-state index in [9.17, 15) is 9.59 Å². The monoisotopic (exact) mass is 376 g/mol. The second-order valence-electron chi connectivity index (χ2n) is 6.80. The molecule has 6 heteroatoms. The van der Waals surface area contributed by atoms with Gasteiger partial charge in [0.2, 0.25) is 5.91 Å². The summed E-state index contributed by atoms with van der Waals surface area (Å²) in [5.41, 5.74) is 2.18. The summed E-state index contributed by atoms with van der Waals surface area (Å²) in [6.45, 7) is 4.14. The number of carbonyl (C=O) groups excluding carboxylic acids is 2. The first-order chi connectivity index (χ1) is 13.5. The van der Waals surface area contributed by atoms with E-state index < -0.39 is 0 Å². The summed E-state index contributed by atoms with van der Waals surface area (Å²) in [6, 6.07) is 21.0. The van der Waals surface area contributed by atoms with Crippen molar-refractivity contribution in [3.63, 3.8) is 0 Å². The lowest BCUT2D eigenvalue weighted by Gasteiger charge is -2.10. The highest BCUT2D eigenvalue weighted by Gasteiger charge is 2.18. The minimum atomic E-state index is -0.273. The van der Waals surface area contributed by atoms with Crippen LogP contribution >= 0.6 is 0 Å². The molecule has 2 N–H and O–H groups in total. The molecule has 0 radical (unpaired) electrons. The van der Waals surface area contributed by atoms with Crippen LogP contribution < -0.4 is 10.6 Å². The summed E-state index contributed by atoms with van der Waals surface area (Å²) in [5.74, 6) is -0.112. The number of rotatable bonds is 7. The van der Waals surface area contributed by atoms with Crippen LogP contribution in [0.15, 0.2) is 66.7 Å². The summed E-state index contributed by atoms with van der Waals surface area (Å²) in [5, 5.41) is 10.1. The Hall–Kier alpha value is -3.41. The number of nitrogens with one attached hydrogen (secondary N) is 2.